The molecule has 0 unspecified atom stereocenters. The number of methoxy groups -OCH3 is 1. The fraction of sp³-hybridized carbons (Fsp3) is 0.0526. The van der Waals surface area contributed by atoms with Crippen molar-refractivity contribution in [2.24, 2.45) is 0 Å². The zero-order chi connectivity index (χ0) is 18.1. The summed E-state index contributed by atoms with van der Waals surface area (Å²) in [6.07, 6.45) is 1.69. The first-order valence-electron chi connectivity index (χ1n) is 7.81. The standard InChI is InChI=1S/C19H15NO3S3/c1-23-14-9-10-17-16(12-14)18(25-19-8-5-11-24-19)13-20(17)26(21,22)15-6-3-2-4-7-15/h2-13H,1H3. The summed E-state index contributed by atoms with van der Waals surface area (Å²) < 4.78 is 34.1. The summed E-state index contributed by atoms with van der Waals surface area (Å²) in [5, 5.41) is 2.85. The molecule has 0 aliphatic heterocycles. The third-order valence-electron chi connectivity index (χ3n) is 3.95. The summed E-state index contributed by atoms with van der Waals surface area (Å²) in [4.78, 5) is 1.14. The molecule has 2 heterocycles. The molecule has 0 saturated carbocycles. The molecule has 26 heavy (non-hydrogen) atoms. The van der Waals surface area contributed by atoms with Crippen LogP contribution in [0.3, 0.4) is 0 Å². The monoisotopic (exact) mass is 401 g/mol. The Hall–Kier alpha value is -2.22. The van der Waals surface area contributed by atoms with E-state index in [0.29, 0.717) is 11.3 Å². The first-order valence-corrected chi connectivity index (χ1v) is 10.9. The maximum Gasteiger partial charge on any atom is 0.268 e. The van der Waals surface area contributed by atoms with Crippen LogP contribution in [0.25, 0.3) is 10.9 Å². The van der Waals surface area contributed by atoms with E-state index in [1.165, 1.54) is 3.97 Å². The first-order chi connectivity index (χ1) is 12.6. The van der Waals surface area contributed by atoms with Gasteiger partial charge < -0.3 is 4.74 Å². The van der Waals surface area contributed by atoms with E-state index in [2.05, 4.69) is 0 Å². The lowest BCUT2D eigenvalue weighted by Gasteiger charge is -2.07. The van der Waals surface area contributed by atoms with Gasteiger partial charge in [-0.1, -0.05) is 36.0 Å². The molecule has 0 N–H and O–H groups in total. The molecular formula is C19H15NO3S3. The summed E-state index contributed by atoms with van der Waals surface area (Å²) in [6.45, 7) is 0. The minimum atomic E-state index is -3.68. The van der Waals surface area contributed by atoms with E-state index in [0.717, 1.165) is 14.5 Å². The molecule has 0 amide bonds. The average Bonchev–Trinajstić information content (AvgIpc) is 3.31. The Kier molecular flexibility index (Phi) is 4.52. The van der Waals surface area contributed by atoms with Gasteiger partial charge in [-0.2, -0.15) is 0 Å². The van der Waals surface area contributed by atoms with E-state index in [1.54, 1.807) is 78.9 Å². The van der Waals surface area contributed by atoms with Crippen LogP contribution in [0.15, 0.2) is 86.2 Å². The largest absolute Gasteiger partial charge is 0.497 e. The highest BCUT2D eigenvalue weighted by atomic mass is 32.2. The van der Waals surface area contributed by atoms with E-state index in [9.17, 15) is 8.42 Å². The number of hydrogen-bond donors (Lipinski definition) is 0. The fourth-order valence-electron chi connectivity index (χ4n) is 2.69. The van der Waals surface area contributed by atoms with Crippen molar-refractivity contribution >= 4 is 44.0 Å². The SMILES string of the molecule is COc1ccc2c(c1)c(Sc1cccs1)cn2S(=O)(=O)c1ccccc1. The summed E-state index contributed by atoms with van der Waals surface area (Å²) in [5.41, 5.74) is 0.633. The lowest BCUT2D eigenvalue weighted by atomic mass is 10.2. The van der Waals surface area contributed by atoms with Crippen molar-refractivity contribution in [3.8, 4) is 5.75 Å². The molecule has 0 aliphatic rings. The highest BCUT2D eigenvalue weighted by molar-refractivity contribution is 8.01. The van der Waals surface area contributed by atoms with Gasteiger partial charge in [-0.25, -0.2) is 12.4 Å². The van der Waals surface area contributed by atoms with Crippen molar-refractivity contribution in [2.45, 2.75) is 14.0 Å². The number of rotatable bonds is 5. The van der Waals surface area contributed by atoms with E-state index in [-0.39, 0.29) is 4.90 Å². The minimum absolute atomic E-state index is 0.264. The second-order valence-electron chi connectivity index (χ2n) is 5.52. The molecule has 0 atom stereocenters. The smallest absolute Gasteiger partial charge is 0.268 e. The zero-order valence-corrected chi connectivity index (χ0v) is 16.3. The van der Waals surface area contributed by atoms with Gasteiger partial charge in [0.05, 0.1) is 21.7 Å². The molecular weight excluding hydrogens is 386 g/mol. The predicted molar refractivity (Wildman–Crippen MR) is 106 cm³/mol. The number of ether oxygens (including phenoxy) is 1. The average molecular weight is 402 g/mol. The van der Waals surface area contributed by atoms with Crippen LogP contribution in [-0.2, 0) is 10.0 Å². The van der Waals surface area contributed by atoms with Gasteiger partial charge in [0.1, 0.15) is 5.75 Å². The first kappa shape index (κ1) is 17.2. The van der Waals surface area contributed by atoms with Crippen molar-refractivity contribution in [3.05, 3.63) is 72.2 Å². The topological polar surface area (TPSA) is 48.3 Å². The molecule has 7 heteroatoms. The Morgan fingerprint density at radius 1 is 1.04 bits per heavy atom. The molecule has 4 nitrogen and oxygen atoms in total. The van der Waals surface area contributed by atoms with Gasteiger partial charge in [-0.15, -0.1) is 11.3 Å². The molecule has 2 aromatic heterocycles. The third kappa shape index (κ3) is 3.02. The summed E-state index contributed by atoms with van der Waals surface area (Å²) >= 11 is 3.18. The van der Waals surface area contributed by atoms with Crippen LogP contribution in [-0.4, -0.2) is 19.5 Å². The lowest BCUT2D eigenvalue weighted by Crippen LogP contribution is -2.11. The molecule has 0 fully saturated rings. The number of aromatic nitrogens is 1. The van der Waals surface area contributed by atoms with Crippen LogP contribution in [0, 0.1) is 0 Å². The summed E-state index contributed by atoms with van der Waals surface area (Å²) in [7, 11) is -2.08. The van der Waals surface area contributed by atoms with E-state index in [4.69, 9.17) is 4.74 Å². The highest BCUT2D eigenvalue weighted by Gasteiger charge is 2.22. The Balaban J connectivity index is 1.93. The Morgan fingerprint density at radius 2 is 1.85 bits per heavy atom. The summed E-state index contributed by atoms with van der Waals surface area (Å²) in [6, 6.07) is 17.9. The molecule has 0 aliphatic carbocycles. The van der Waals surface area contributed by atoms with Gasteiger partial charge in [0.2, 0.25) is 0 Å². The van der Waals surface area contributed by atoms with Crippen molar-refractivity contribution in [3.63, 3.8) is 0 Å². The van der Waals surface area contributed by atoms with Crippen molar-refractivity contribution in [1.29, 1.82) is 0 Å². The molecule has 0 spiro atoms. The van der Waals surface area contributed by atoms with E-state index >= 15 is 0 Å². The number of hydrogen-bond acceptors (Lipinski definition) is 5. The quantitative estimate of drug-likeness (QED) is 0.467. The van der Waals surface area contributed by atoms with Gasteiger partial charge in [0.25, 0.3) is 10.0 Å². The van der Waals surface area contributed by atoms with Crippen molar-refractivity contribution in [1.82, 2.24) is 3.97 Å². The Labute approximate surface area is 160 Å². The molecule has 4 rings (SSSR count). The predicted octanol–water partition coefficient (Wildman–Crippen LogP) is 5.10. The highest BCUT2D eigenvalue weighted by Crippen LogP contribution is 2.39. The van der Waals surface area contributed by atoms with Crippen LogP contribution in [0.5, 0.6) is 5.75 Å². The summed E-state index contributed by atoms with van der Waals surface area (Å²) in [5.74, 6) is 0.695. The molecule has 132 valence electrons. The molecule has 2 aromatic carbocycles. The van der Waals surface area contributed by atoms with Crippen molar-refractivity contribution < 1.29 is 13.2 Å². The van der Waals surface area contributed by atoms with Crippen LogP contribution in [0.4, 0.5) is 0 Å². The normalized spacial score (nSPS) is 11.7. The number of benzene rings is 2. The van der Waals surface area contributed by atoms with E-state index < -0.39 is 10.0 Å². The second-order valence-corrected chi connectivity index (χ2v) is 9.63. The zero-order valence-electron chi connectivity index (χ0n) is 13.8. The number of fused-ring (bicyclic) bond motifs is 1. The number of nitrogens with zero attached hydrogens (tertiary/aromatic N) is 1. The fourth-order valence-corrected chi connectivity index (χ4v) is 6.02. The van der Waals surface area contributed by atoms with Gasteiger partial charge in [0.15, 0.2) is 0 Å². The third-order valence-corrected chi connectivity index (χ3v) is 7.72. The van der Waals surface area contributed by atoms with Crippen LogP contribution in [0.1, 0.15) is 0 Å². The van der Waals surface area contributed by atoms with E-state index in [1.807, 2.05) is 23.6 Å². The lowest BCUT2D eigenvalue weighted by molar-refractivity contribution is 0.415. The molecule has 4 aromatic rings. The number of thiophene rings is 1. The molecule has 0 saturated heterocycles. The maximum atomic E-state index is 13.1. The van der Waals surface area contributed by atoms with Gasteiger partial charge in [-0.05, 0) is 41.8 Å². The van der Waals surface area contributed by atoms with Crippen LogP contribution in [0.2, 0.25) is 0 Å². The minimum Gasteiger partial charge on any atom is -0.497 e. The van der Waals surface area contributed by atoms with Gasteiger partial charge in [0, 0.05) is 16.5 Å². The van der Waals surface area contributed by atoms with Crippen LogP contribution < -0.4 is 4.74 Å². The molecule has 0 radical (unpaired) electrons. The Morgan fingerprint density at radius 3 is 2.54 bits per heavy atom. The Bertz CT molecular complexity index is 1150. The van der Waals surface area contributed by atoms with Crippen molar-refractivity contribution in [2.75, 3.05) is 7.11 Å². The second kappa shape index (κ2) is 6.83. The molecule has 0 bridgehead atoms. The van der Waals surface area contributed by atoms with Crippen LogP contribution >= 0.6 is 23.1 Å². The maximum absolute atomic E-state index is 13.1. The van der Waals surface area contributed by atoms with Gasteiger partial charge in [-0.3, -0.25) is 0 Å². The van der Waals surface area contributed by atoms with Gasteiger partial charge >= 0.3 is 0 Å².